The standard InChI is InChI=1S/C21H20O3/c1-15(2)7-10-20(24-21(22)19-11-12-23-14-19)18-9-8-16-5-3-4-6-17(16)13-18/h3-9,11-14,20H,10H2,1-2H3. The molecule has 0 spiro atoms. The summed E-state index contributed by atoms with van der Waals surface area (Å²) in [6, 6.07) is 15.9. The van der Waals surface area contributed by atoms with Gasteiger partial charge in [-0.1, -0.05) is 48.0 Å². The molecular formula is C21H20O3. The van der Waals surface area contributed by atoms with Gasteiger partial charge in [-0.05, 0) is 42.3 Å². The molecule has 0 saturated carbocycles. The summed E-state index contributed by atoms with van der Waals surface area (Å²) in [5, 5.41) is 2.31. The first-order valence-corrected chi connectivity index (χ1v) is 7.99. The van der Waals surface area contributed by atoms with Gasteiger partial charge in [-0.2, -0.15) is 0 Å². The Morgan fingerprint density at radius 3 is 2.62 bits per heavy atom. The first-order valence-electron chi connectivity index (χ1n) is 7.99. The first-order chi connectivity index (χ1) is 11.6. The number of benzene rings is 2. The number of esters is 1. The average molecular weight is 320 g/mol. The molecule has 0 aliphatic rings. The fourth-order valence-electron chi connectivity index (χ4n) is 2.58. The summed E-state index contributed by atoms with van der Waals surface area (Å²) in [5.74, 6) is -0.371. The van der Waals surface area contributed by atoms with Crippen LogP contribution in [-0.4, -0.2) is 5.97 Å². The summed E-state index contributed by atoms with van der Waals surface area (Å²) < 4.78 is 10.7. The fourth-order valence-corrected chi connectivity index (χ4v) is 2.58. The summed E-state index contributed by atoms with van der Waals surface area (Å²) in [4.78, 5) is 12.3. The van der Waals surface area contributed by atoms with Gasteiger partial charge in [0, 0.05) is 6.42 Å². The Morgan fingerprint density at radius 1 is 1.12 bits per heavy atom. The molecule has 1 aromatic heterocycles. The number of ether oxygens (including phenoxy) is 1. The van der Waals surface area contributed by atoms with Crippen LogP contribution >= 0.6 is 0 Å². The molecule has 0 saturated heterocycles. The fraction of sp³-hybridized carbons (Fsp3) is 0.190. The maximum absolute atomic E-state index is 12.3. The third kappa shape index (κ3) is 3.74. The van der Waals surface area contributed by atoms with Crippen LogP contribution in [0.15, 0.2) is 77.1 Å². The second-order valence-corrected chi connectivity index (χ2v) is 6.03. The molecule has 1 atom stereocenters. The quantitative estimate of drug-likeness (QED) is 0.448. The molecule has 0 radical (unpaired) electrons. The topological polar surface area (TPSA) is 39.4 Å². The zero-order valence-electron chi connectivity index (χ0n) is 13.9. The summed E-state index contributed by atoms with van der Waals surface area (Å²) in [6.07, 6.45) is 5.28. The van der Waals surface area contributed by atoms with E-state index in [-0.39, 0.29) is 12.1 Å². The van der Waals surface area contributed by atoms with Crippen molar-refractivity contribution in [3.8, 4) is 0 Å². The number of furan rings is 1. The minimum Gasteiger partial charge on any atom is -0.472 e. The Balaban J connectivity index is 1.90. The highest BCUT2D eigenvalue weighted by atomic mass is 16.5. The Bertz CT molecular complexity index is 856. The highest BCUT2D eigenvalue weighted by molar-refractivity contribution is 5.89. The van der Waals surface area contributed by atoms with Crippen molar-refractivity contribution < 1.29 is 13.9 Å². The van der Waals surface area contributed by atoms with Crippen LogP contribution in [0, 0.1) is 0 Å². The molecule has 24 heavy (non-hydrogen) atoms. The smallest absolute Gasteiger partial charge is 0.342 e. The van der Waals surface area contributed by atoms with Crippen molar-refractivity contribution >= 4 is 16.7 Å². The molecular weight excluding hydrogens is 300 g/mol. The van der Waals surface area contributed by atoms with Crippen molar-refractivity contribution in [2.75, 3.05) is 0 Å². The molecule has 0 N–H and O–H groups in total. The van der Waals surface area contributed by atoms with Crippen molar-refractivity contribution in [2.45, 2.75) is 26.4 Å². The van der Waals surface area contributed by atoms with Crippen molar-refractivity contribution in [2.24, 2.45) is 0 Å². The van der Waals surface area contributed by atoms with E-state index >= 15 is 0 Å². The third-order valence-corrected chi connectivity index (χ3v) is 3.89. The van der Waals surface area contributed by atoms with Gasteiger partial charge >= 0.3 is 5.97 Å². The summed E-state index contributed by atoms with van der Waals surface area (Å²) in [7, 11) is 0. The number of hydrogen-bond donors (Lipinski definition) is 0. The van der Waals surface area contributed by atoms with Crippen LogP contribution < -0.4 is 0 Å². The predicted molar refractivity (Wildman–Crippen MR) is 94.9 cm³/mol. The van der Waals surface area contributed by atoms with Gasteiger partial charge in [-0.3, -0.25) is 0 Å². The van der Waals surface area contributed by atoms with Crippen LogP contribution in [0.3, 0.4) is 0 Å². The lowest BCUT2D eigenvalue weighted by Crippen LogP contribution is -2.11. The monoisotopic (exact) mass is 320 g/mol. The molecule has 2 aromatic carbocycles. The van der Waals surface area contributed by atoms with Gasteiger partial charge in [-0.15, -0.1) is 0 Å². The van der Waals surface area contributed by atoms with Crippen molar-refractivity contribution in [3.05, 3.63) is 83.8 Å². The number of carbonyl (C=O) groups is 1. The molecule has 3 heteroatoms. The van der Waals surface area contributed by atoms with E-state index in [2.05, 4.69) is 30.3 Å². The lowest BCUT2D eigenvalue weighted by molar-refractivity contribution is 0.0302. The Kier molecular flexibility index (Phi) is 4.80. The van der Waals surface area contributed by atoms with Gasteiger partial charge in [0.2, 0.25) is 0 Å². The molecule has 3 nitrogen and oxygen atoms in total. The molecule has 3 rings (SSSR count). The maximum Gasteiger partial charge on any atom is 0.342 e. The van der Waals surface area contributed by atoms with E-state index in [1.165, 1.54) is 23.5 Å². The maximum atomic E-state index is 12.3. The van der Waals surface area contributed by atoms with E-state index in [9.17, 15) is 4.79 Å². The van der Waals surface area contributed by atoms with Crippen LogP contribution in [0.4, 0.5) is 0 Å². The number of rotatable bonds is 5. The van der Waals surface area contributed by atoms with Crippen molar-refractivity contribution in [3.63, 3.8) is 0 Å². The van der Waals surface area contributed by atoms with E-state index in [4.69, 9.17) is 9.15 Å². The van der Waals surface area contributed by atoms with E-state index in [1.54, 1.807) is 6.07 Å². The SMILES string of the molecule is CC(C)=CCC(OC(=O)c1ccoc1)c1ccc2ccccc2c1. The lowest BCUT2D eigenvalue weighted by Gasteiger charge is -2.17. The van der Waals surface area contributed by atoms with Crippen LogP contribution in [0.1, 0.15) is 42.3 Å². The molecule has 0 bridgehead atoms. The zero-order chi connectivity index (χ0) is 16.9. The van der Waals surface area contributed by atoms with Gasteiger partial charge in [-0.25, -0.2) is 4.79 Å². The lowest BCUT2D eigenvalue weighted by atomic mass is 10.0. The van der Waals surface area contributed by atoms with E-state index in [0.29, 0.717) is 12.0 Å². The second kappa shape index (κ2) is 7.18. The van der Waals surface area contributed by atoms with Gasteiger partial charge in [0.05, 0.1) is 11.8 Å². The highest BCUT2D eigenvalue weighted by Crippen LogP contribution is 2.27. The molecule has 1 unspecified atom stereocenters. The Morgan fingerprint density at radius 2 is 1.92 bits per heavy atom. The van der Waals surface area contributed by atoms with E-state index < -0.39 is 0 Å². The van der Waals surface area contributed by atoms with Crippen LogP contribution in [0.25, 0.3) is 10.8 Å². The molecule has 0 aliphatic heterocycles. The van der Waals surface area contributed by atoms with E-state index in [1.807, 2.05) is 32.0 Å². The van der Waals surface area contributed by atoms with Crippen LogP contribution in [0.2, 0.25) is 0 Å². The van der Waals surface area contributed by atoms with Gasteiger partial charge < -0.3 is 9.15 Å². The number of allylic oxidation sites excluding steroid dienone is 1. The van der Waals surface area contributed by atoms with Crippen LogP contribution in [-0.2, 0) is 4.74 Å². The van der Waals surface area contributed by atoms with Gasteiger partial charge in [0.25, 0.3) is 0 Å². The largest absolute Gasteiger partial charge is 0.472 e. The minimum atomic E-state index is -0.371. The summed E-state index contributed by atoms with van der Waals surface area (Å²) >= 11 is 0. The normalized spacial score (nSPS) is 11.9. The predicted octanol–water partition coefficient (Wildman–Crippen LogP) is 5.69. The van der Waals surface area contributed by atoms with Gasteiger partial charge in [0.1, 0.15) is 12.4 Å². The number of hydrogen-bond acceptors (Lipinski definition) is 3. The average Bonchev–Trinajstić information content (AvgIpc) is 3.12. The summed E-state index contributed by atoms with van der Waals surface area (Å²) in [6.45, 7) is 4.07. The molecule has 3 aromatic rings. The minimum absolute atomic E-state index is 0.327. The molecule has 0 fully saturated rings. The molecule has 0 aliphatic carbocycles. The first kappa shape index (κ1) is 16.1. The third-order valence-electron chi connectivity index (χ3n) is 3.89. The number of carbonyl (C=O) groups excluding carboxylic acids is 1. The summed E-state index contributed by atoms with van der Waals surface area (Å²) in [5.41, 5.74) is 2.61. The van der Waals surface area contributed by atoms with Crippen LogP contribution in [0.5, 0.6) is 0 Å². The Hall–Kier alpha value is -2.81. The molecule has 122 valence electrons. The number of fused-ring (bicyclic) bond motifs is 1. The molecule has 0 amide bonds. The van der Waals surface area contributed by atoms with E-state index in [0.717, 1.165) is 10.9 Å². The Labute approximate surface area is 141 Å². The zero-order valence-corrected chi connectivity index (χ0v) is 13.9. The highest BCUT2D eigenvalue weighted by Gasteiger charge is 2.18. The van der Waals surface area contributed by atoms with Crippen molar-refractivity contribution in [1.29, 1.82) is 0 Å². The second-order valence-electron chi connectivity index (χ2n) is 6.03. The van der Waals surface area contributed by atoms with Gasteiger partial charge in [0.15, 0.2) is 0 Å². The molecule has 1 heterocycles. The van der Waals surface area contributed by atoms with Crippen molar-refractivity contribution in [1.82, 2.24) is 0 Å².